The third-order valence-corrected chi connectivity index (χ3v) is 6.94. The third-order valence-electron chi connectivity index (χ3n) is 6.94. The Hall–Kier alpha value is -4.70. The van der Waals surface area contributed by atoms with E-state index >= 15 is 0 Å². The van der Waals surface area contributed by atoms with Crippen LogP contribution in [0.15, 0.2) is 89.6 Å². The second-order valence-corrected chi connectivity index (χ2v) is 9.02. The molecule has 0 heterocycles. The number of hydrogen-bond donors (Lipinski definition) is 2. The first-order chi connectivity index (χ1) is 18.4. The van der Waals surface area contributed by atoms with Crippen LogP contribution >= 0.6 is 0 Å². The van der Waals surface area contributed by atoms with Gasteiger partial charge in [-0.15, -0.1) is 0 Å². The number of ether oxygens (including phenoxy) is 3. The van der Waals surface area contributed by atoms with Crippen molar-refractivity contribution in [1.82, 2.24) is 0 Å². The minimum atomic E-state index is -0.943. The minimum Gasteiger partial charge on any atom is -0.497 e. The molecule has 0 radical (unpaired) electrons. The van der Waals surface area contributed by atoms with Gasteiger partial charge in [-0.25, -0.2) is 0 Å². The van der Waals surface area contributed by atoms with Gasteiger partial charge in [0.2, 0.25) is 0 Å². The van der Waals surface area contributed by atoms with Crippen LogP contribution in [0, 0.1) is 11.3 Å². The highest BCUT2D eigenvalue weighted by molar-refractivity contribution is 5.89. The molecule has 3 aromatic rings. The molecule has 0 saturated carbocycles. The summed E-state index contributed by atoms with van der Waals surface area (Å²) < 4.78 is 16.0. The second kappa shape index (κ2) is 11.6. The molecule has 0 aromatic heterocycles. The molecule has 38 heavy (non-hydrogen) atoms. The van der Waals surface area contributed by atoms with Gasteiger partial charge in [-0.2, -0.15) is 5.26 Å². The van der Waals surface area contributed by atoms with Gasteiger partial charge >= 0.3 is 5.97 Å². The predicted molar refractivity (Wildman–Crippen MR) is 145 cm³/mol. The largest absolute Gasteiger partial charge is 0.497 e. The van der Waals surface area contributed by atoms with Crippen molar-refractivity contribution in [2.45, 2.75) is 24.7 Å². The molecule has 1 aliphatic rings. The number of benzene rings is 3. The van der Waals surface area contributed by atoms with Crippen LogP contribution in [0.4, 0.5) is 0 Å². The number of hydrogen-bond acceptors (Lipinski definition) is 6. The number of allylic oxidation sites excluding steroid dienone is 4. The summed E-state index contributed by atoms with van der Waals surface area (Å²) in [7, 11) is 4.78. The number of aliphatic carboxylic acids is 1. The molecular formula is C31H30N2O5. The van der Waals surface area contributed by atoms with Crippen LogP contribution in [0.5, 0.6) is 17.2 Å². The zero-order valence-electron chi connectivity index (χ0n) is 21.6. The molecular weight excluding hydrogens is 480 g/mol. The Kier molecular flexibility index (Phi) is 8.03. The lowest BCUT2D eigenvalue weighted by Crippen LogP contribution is -2.23. The molecule has 4 rings (SSSR count). The van der Waals surface area contributed by atoms with Gasteiger partial charge in [0.05, 0.1) is 33.3 Å². The number of rotatable bonds is 9. The highest BCUT2D eigenvalue weighted by Crippen LogP contribution is 2.50. The number of carbonyl (C=O) groups is 1. The average molecular weight is 511 g/mol. The minimum absolute atomic E-state index is 0.160. The maximum atomic E-state index is 12.2. The smallest absolute Gasteiger partial charge is 0.304 e. The zero-order chi connectivity index (χ0) is 27.2. The van der Waals surface area contributed by atoms with E-state index in [4.69, 9.17) is 19.9 Å². The predicted octanol–water partition coefficient (Wildman–Crippen LogP) is 5.65. The summed E-state index contributed by atoms with van der Waals surface area (Å²) in [5.41, 5.74) is 11.4. The topological polar surface area (TPSA) is 115 Å². The fourth-order valence-electron chi connectivity index (χ4n) is 5.08. The van der Waals surface area contributed by atoms with E-state index in [0.717, 1.165) is 22.3 Å². The molecule has 3 aromatic carbocycles. The Morgan fingerprint density at radius 1 is 0.921 bits per heavy atom. The van der Waals surface area contributed by atoms with Crippen LogP contribution < -0.4 is 19.9 Å². The van der Waals surface area contributed by atoms with Crippen LogP contribution in [0.2, 0.25) is 0 Å². The summed E-state index contributed by atoms with van der Waals surface area (Å²) in [6.45, 7) is 0. The van der Waals surface area contributed by atoms with Gasteiger partial charge in [-0.1, -0.05) is 36.4 Å². The van der Waals surface area contributed by atoms with Crippen LogP contribution in [-0.2, 0) is 4.79 Å². The van der Waals surface area contributed by atoms with Crippen molar-refractivity contribution in [1.29, 1.82) is 5.26 Å². The van der Waals surface area contributed by atoms with Crippen molar-refractivity contribution in [3.63, 3.8) is 0 Å². The van der Waals surface area contributed by atoms with E-state index in [1.807, 2.05) is 72.8 Å². The molecule has 0 fully saturated rings. The Balaban J connectivity index is 2.04. The second-order valence-electron chi connectivity index (χ2n) is 9.02. The Morgan fingerprint density at radius 3 is 1.89 bits per heavy atom. The van der Waals surface area contributed by atoms with Crippen molar-refractivity contribution in [2.24, 2.45) is 5.73 Å². The first-order valence-corrected chi connectivity index (χ1v) is 12.2. The lowest BCUT2D eigenvalue weighted by atomic mass is 9.69. The fraction of sp³-hybridized carbons (Fsp3) is 0.226. The number of nitrogens with two attached hydrogens (primary N) is 1. The maximum absolute atomic E-state index is 12.2. The molecule has 0 unspecified atom stereocenters. The first kappa shape index (κ1) is 26.4. The van der Waals surface area contributed by atoms with Crippen molar-refractivity contribution in [2.75, 3.05) is 21.3 Å². The van der Waals surface area contributed by atoms with E-state index in [0.29, 0.717) is 40.5 Å². The number of nitriles is 1. The first-order valence-electron chi connectivity index (χ1n) is 12.2. The van der Waals surface area contributed by atoms with E-state index in [2.05, 4.69) is 6.07 Å². The number of methoxy groups -OCH3 is 3. The highest BCUT2D eigenvalue weighted by Gasteiger charge is 2.36. The lowest BCUT2D eigenvalue weighted by Gasteiger charge is -2.35. The molecule has 0 amide bonds. The summed E-state index contributed by atoms with van der Waals surface area (Å²) in [5, 5.41) is 20.3. The summed E-state index contributed by atoms with van der Waals surface area (Å²) in [5.74, 6) is 0.321. The Morgan fingerprint density at radius 2 is 1.42 bits per heavy atom. The number of carboxylic acid groups (broad SMARTS) is 1. The monoisotopic (exact) mass is 510 g/mol. The SMILES string of the molecule is COc1ccc(C2=C([C@H](CC(=O)O)c3ccc(OC)cc3)[C@@H](c3ccc(OC)cc3)CC(N)=C2C#N)cc1. The van der Waals surface area contributed by atoms with Gasteiger partial charge in [0, 0.05) is 23.1 Å². The lowest BCUT2D eigenvalue weighted by molar-refractivity contribution is -0.137. The van der Waals surface area contributed by atoms with Crippen LogP contribution in [0.25, 0.3) is 5.57 Å². The fourth-order valence-corrected chi connectivity index (χ4v) is 5.08. The Labute approximate surface area is 222 Å². The van der Waals surface area contributed by atoms with E-state index in [1.54, 1.807) is 21.3 Å². The molecule has 2 atom stereocenters. The summed E-state index contributed by atoms with van der Waals surface area (Å²) in [4.78, 5) is 12.2. The quantitative estimate of drug-likeness (QED) is 0.382. The zero-order valence-corrected chi connectivity index (χ0v) is 21.6. The molecule has 0 bridgehead atoms. The summed E-state index contributed by atoms with van der Waals surface area (Å²) >= 11 is 0. The van der Waals surface area contributed by atoms with Crippen LogP contribution in [0.3, 0.4) is 0 Å². The standard InChI is InChI=1S/C31H30N2O5/c1-36-22-10-4-19(5-11-22)25-16-28(33)27(18-32)30(21-8-14-24(38-3)15-9-21)31(25)26(17-29(34)35)20-6-12-23(37-2)13-7-20/h4-15,25-26H,16-17,33H2,1-3H3,(H,34,35)/t25-,26-/m1/s1. The van der Waals surface area contributed by atoms with E-state index in [-0.39, 0.29) is 12.3 Å². The van der Waals surface area contributed by atoms with E-state index in [1.165, 1.54) is 0 Å². The molecule has 1 aliphatic carbocycles. The molecule has 7 heteroatoms. The van der Waals surface area contributed by atoms with Crippen LogP contribution in [-0.4, -0.2) is 32.4 Å². The molecule has 0 saturated heterocycles. The van der Waals surface area contributed by atoms with Gasteiger partial charge in [0.1, 0.15) is 23.3 Å². The summed E-state index contributed by atoms with van der Waals surface area (Å²) in [6, 6.07) is 24.8. The van der Waals surface area contributed by atoms with Crippen molar-refractivity contribution >= 4 is 11.5 Å². The number of carboxylic acids is 1. The van der Waals surface area contributed by atoms with Crippen molar-refractivity contribution < 1.29 is 24.1 Å². The molecule has 7 nitrogen and oxygen atoms in total. The normalized spacial score (nSPS) is 16.0. The number of nitrogens with zero attached hydrogens (tertiary/aromatic N) is 1. The molecule has 194 valence electrons. The molecule has 0 spiro atoms. The maximum Gasteiger partial charge on any atom is 0.304 e. The highest BCUT2D eigenvalue weighted by atomic mass is 16.5. The van der Waals surface area contributed by atoms with Gasteiger partial charge in [0.15, 0.2) is 0 Å². The van der Waals surface area contributed by atoms with Crippen molar-refractivity contribution in [3.8, 4) is 23.3 Å². The third kappa shape index (κ3) is 5.35. The molecule has 3 N–H and O–H groups in total. The van der Waals surface area contributed by atoms with Gasteiger partial charge in [-0.05, 0) is 65.1 Å². The van der Waals surface area contributed by atoms with Crippen molar-refractivity contribution in [3.05, 3.63) is 106 Å². The van der Waals surface area contributed by atoms with Gasteiger partial charge < -0.3 is 25.1 Å². The average Bonchev–Trinajstić information content (AvgIpc) is 2.95. The van der Waals surface area contributed by atoms with E-state index in [9.17, 15) is 15.2 Å². The van der Waals surface area contributed by atoms with Gasteiger partial charge in [-0.3, -0.25) is 4.79 Å². The van der Waals surface area contributed by atoms with Gasteiger partial charge in [0.25, 0.3) is 0 Å². The van der Waals surface area contributed by atoms with Crippen LogP contribution in [0.1, 0.15) is 41.4 Å². The van der Waals surface area contributed by atoms with E-state index < -0.39 is 11.9 Å². The Bertz CT molecular complexity index is 1400. The summed E-state index contributed by atoms with van der Waals surface area (Å²) in [6.07, 6.45) is 0.225. The molecule has 0 aliphatic heterocycles.